The fourth-order valence-corrected chi connectivity index (χ4v) is 4.68. The van der Waals surface area contributed by atoms with Crippen LogP contribution in [-0.2, 0) is 18.4 Å². The molecule has 1 aliphatic rings. The normalized spacial score (nSPS) is 15.9. The number of amides is 1. The summed E-state index contributed by atoms with van der Waals surface area (Å²) in [4.78, 5) is 53.2. The molecule has 3 aromatic heterocycles. The number of terminal acetylenes is 1. The number of piperidine rings is 1. The molecule has 1 amide bonds. The molecule has 4 heterocycles. The van der Waals surface area contributed by atoms with E-state index in [-0.39, 0.29) is 23.8 Å². The molecule has 4 aromatic rings. The minimum atomic E-state index is -0.561. The maximum atomic E-state index is 13.6. The maximum absolute atomic E-state index is 13.6. The summed E-state index contributed by atoms with van der Waals surface area (Å²) in [6.07, 6.45) is 8.15. The molecule has 0 bridgehead atoms. The molecular formula is C24H24N8O3. The van der Waals surface area contributed by atoms with Crippen molar-refractivity contribution in [1.82, 2.24) is 34.0 Å². The Hall–Kier alpha value is -4.46. The Kier molecular flexibility index (Phi) is 5.56. The Bertz CT molecular complexity index is 1620. The monoisotopic (exact) mass is 472 g/mol. The molecule has 0 spiro atoms. The van der Waals surface area contributed by atoms with E-state index >= 15 is 0 Å². The standard InChI is InChI=1S/C24H24N8O3/c1-4-31-20-21(28-23(31)30-11-7-8-16(12-30)25-14-33)29(3)24(35)32(22(20)34)13-19-26-15(2)17-9-5-6-10-18(17)27-19/h1,5-6,9-10,14,16H,7-8,11-13H2,2-3H3,(H,25,33)/t16-/m1/s1. The van der Waals surface area contributed by atoms with Gasteiger partial charge in [-0.3, -0.25) is 18.7 Å². The van der Waals surface area contributed by atoms with Gasteiger partial charge < -0.3 is 10.2 Å². The van der Waals surface area contributed by atoms with Gasteiger partial charge in [-0.1, -0.05) is 24.6 Å². The first kappa shape index (κ1) is 22.3. The summed E-state index contributed by atoms with van der Waals surface area (Å²) in [6.45, 7) is 2.92. The highest BCUT2D eigenvalue weighted by molar-refractivity contribution is 5.80. The molecule has 1 fully saturated rings. The molecule has 1 aromatic carbocycles. The molecule has 0 aliphatic carbocycles. The Morgan fingerprint density at radius 1 is 1.23 bits per heavy atom. The average Bonchev–Trinajstić information content (AvgIpc) is 3.26. The second-order valence-electron chi connectivity index (χ2n) is 8.59. The summed E-state index contributed by atoms with van der Waals surface area (Å²) in [5.41, 5.74) is 0.729. The first-order chi connectivity index (χ1) is 16.9. The second-order valence-corrected chi connectivity index (χ2v) is 8.59. The highest BCUT2D eigenvalue weighted by Gasteiger charge is 2.27. The molecule has 11 heteroatoms. The number of para-hydroxylation sites is 1. The van der Waals surface area contributed by atoms with Crippen molar-refractivity contribution in [3.8, 4) is 12.5 Å². The molecule has 35 heavy (non-hydrogen) atoms. The zero-order valence-electron chi connectivity index (χ0n) is 19.4. The van der Waals surface area contributed by atoms with Gasteiger partial charge in [0, 0.05) is 43.3 Å². The number of nitrogens with zero attached hydrogens (tertiary/aromatic N) is 7. The van der Waals surface area contributed by atoms with Crippen LogP contribution >= 0.6 is 0 Å². The Labute approximate surface area is 200 Å². The molecule has 1 aliphatic heterocycles. The summed E-state index contributed by atoms with van der Waals surface area (Å²) in [6, 6.07) is 10.1. The first-order valence-corrected chi connectivity index (χ1v) is 11.3. The smallest absolute Gasteiger partial charge is 0.332 e. The van der Waals surface area contributed by atoms with Gasteiger partial charge in [0.1, 0.15) is 5.82 Å². The predicted octanol–water partition coefficient (Wildman–Crippen LogP) is 0.350. The summed E-state index contributed by atoms with van der Waals surface area (Å²) in [5.74, 6) is 0.744. The van der Waals surface area contributed by atoms with E-state index in [2.05, 4.69) is 26.3 Å². The van der Waals surface area contributed by atoms with Crippen LogP contribution in [0.15, 0.2) is 33.9 Å². The third-order valence-electron chi connectivity index (χ3n) is 6.40. The van der Waals surface area contributed by atoms with Crippen LogP contribution in [0.25, 0.3) is 22.1 Å². The summed E-state index contributed by atoms with van der Waals surface area (Å²) >= 11 is 0. The Morgan fingerprint density at radius 2 is 2.03 bits per heavy atom. The lowest BCUT2D eigenvalue weighted by Crippen LogP contribution is -2.46. The minimum absolute atomic E-state index is 0.0546. The molecule has 0 radical (unpaired) electrons. The second kappa shape index (κ2) is 8.72. The SMILES string of the molecule is C#Cn1c(N2CCC[C@@H](NC=O)C2)nc2c1c(=O)n(Cc1nc(C)c3ccccc3n1)c(=O)n2C. The maximum Gasteiger partial charge on any atom is 0.332 e. The molecule has 11 nitrogen and oxygen atoms in total. The number of aromatic nitrogens is 6. The van der Waals surface area contributed by atoms with E-state index in [4.69, 9.17) is 6.42 Å². The first-order valence-electron chi connectivity index (χ1n) is 11.3. The van der Waals surface area contributed by atoms with Crippen molar-refractivity contribution < 1.29 is 4.79 Å². The Balaban J connectivity index is 1.63. The highest BCUT2D eigenvalue weighted by Crippen LogP contribution is 2.22. The van der Waals surface area contributed by atoms with Gasteiger partial charge in [0.05, 0.1) is 12.1 Å². The van der Waals surface area contributed by atoms with Crippen LogP contribution in [0.1, 0.15) is 24.4 Å². The van der Waals surface area contributed by atoms with Crippen LogP contribution in [0.5, 0.6) is 0 Å². The molecule has 1 N–H and O–H groups in total. The fourth-order valence-electron chi connectivity index (χ4n) is 4.68. The number of anilines is 1. The number of carbonyl (C=O) groups is 1. The van der Waals surface area contributed by atoms with Gasteiger partial charge in [0.25, 0.3) is 5.56 Å². The van der Waals surface area contributed by atoms with Crippen molar-refractivity contribution in [2.24, 2.45) is 7.05 Å². The quantitative estimate of drug-likeness (QED) is 0.329. The average molecular weight is 473 g/mol. The van der Waals surface area contributed by atoms with Gasteiger partial charge in [-0.05, 0) is 25.8 Å². The van der Waals surface area contributed by atoms with Crippen LogP contribution in [0.3, 0.4) is 0 Å². The van der Waals surface area contributed by atoms with Gasteiger partial charge in [-0.15, -0.1) is 0 Å². The van der Waals surface area contributed by atoms with Crippen molar-refractivity contribution in [3.05, 3.63) is 56.6 Å². The number of carbonyl (C=O) groups excluding carboxylic acids is 1. The van der Waals surface area contributed by atoms with Gasteiger partial charge in [-0.2, -0.15) is 4.98 Å². The lowest BCUT2D eigenvalue weighted by Gasteiger charge is -2.32. The van der Waals surface area contributed by atoms with E-state index in [0.29, 0.717) is 31.3 Å². The van der Waals surface area contributed by atoms with Crippen LogP contribution in [0.2, 0.25) is 0 Å². The van der Waals surface area contributed by atoms with E-state index in [1.807, 2.05) is 36.1 Å². The van der Waals surface area contributed by atoms with Gasteiger partial charge >= 0.3 is 5.69 Å². The topological polar surface area (TPSA) is 120 Å². The summed E-state index contributed by atoms with van der Waals surface area (Å²) in [5, 5.41) is 3.70. The van der Waals surface area contributed by atoms with E-state index in [0.717, 1.165) is 34.0 Å². The van der Waals surface area contributed by atoms with Crippen LogP contribution in [0.4, 0.5) is 5.95 Å². The van der Waals surface area contributed by atoms with Crippen LogP contribution in [-0.4, -0.2) is 54.2 Å². The highest BCUT2D eigenvalue weighted by atomic mass is 16.2. The molecule has 178 valence electrons. The largest absolute Gasteiger partial charge is 0.354 e. The van der Waals surface area contributed by atoms with Crippen molar-refractivity contribution in [2.75, 3.05) is 18.0 Å². The van der Waals surface area contributed by atoms with E-state index < -0.39 is 11.2 Å². The van der Waals surface area contributed by atoms with Gasteiger partial charge in [-0.25, -0.2) is 19.3 Å². The Morgan fingerprint density at radius 3 is 2.80 bits per heavy atom. The molecule has 0 unspecified atom stereocenters. The lowest BCUT2D eigenvalue weighted by atomic mass is 10.1. The van der Waals surface area contributed by atoms with Crippen LogP contribution < -0.4 is 21.5 Å². The zero-order chi connectivity index (χ0) is 24.7. The number of aryl methyl sites for hydroxylation is 2. The van der Waals surface area contributed by atoms with E-state index in [9.17, 15) is 14.4 Å². The van der Waals surface area contributed by atoms with E-state index in [1.54, 1.807) is 7.05 Å². The summed E-state index contributed by atoms with van der Waals surface area (Å²) in [7, 11) is 1.55. The number of imidazole rings is 1. The van der Waals surface area contributed by atoms with Crippen LogP contribution in [0, 0.1) is 19.4 Å². The van der Waals surface area contributed by atoms with Gasteiger partial charge in [0.15, 0.2) is 11.2 Å². The zero-order valence-corrected chi connectivity index (χ0v) is 19.4. The van der Waals surface area contributed by atoms with Crippen molar-refractivity contribution in [2.45, 2.75) is 32.4 Å². The van der Waals surface area contributed by atoms with E-state index in [1.165, 1.54) is 9.13 Å². The van der Waals surface area contributed by atoms with Crippen molar-refractivity contribution in [1.29, 1.82) is 0 Å². The third kappa shape index (κ3) is 3.73. The number of rotatable bonds is 5. The van der Waals surface area contributed by atoms with Crippen molar-refractivity contribution in [3.63, 3.8) is 0 Å². The number of hydrogen-bond acceptors (Lipinski definition) is 7. The molecule has 5 rings (SSSR count). The number of hydrogen-bond donors (Lipinski definition) is 1. The van der Waals surface area contributed by atoms with Gasteiger partial charge in [0.2, 0.25) is 12.4 Å². The number of fused-ring (bicyclic) bond motifs is 2. The number of nitrogens with one attached hydrogen (secondary N) is 1. The predicted molar refractivity (Wildman–Crippen MR) is 131 cm³/mol. The molecular weight excluding hydrogens is 448 g/mol. The third-order valence-corrected chi connectivity index (χ3v) is 6.40. The van der Waals surface area contributed by atoms with Crippen molar-refractivity contribution >= 4 is 34.4 Å². The fraction of sp³-hybridized carbons (Fsp3) is 0.333. The molecule has 1 saturated heterocycles. The molecule has 0 saturated carbocycles. The minimum Gasteiger partial charge on any atom is -0.354 e. The lowest BCUT2D eigenvalue weighted by molar-refractivity contribution is -0.110. The molecule has 1 atom stereocenters. The number of benzene rings is 1. The summed E-state index contributed by atoms with van der Waals surface area (Å²) < 4.78 is 3.77.